The van der Waals surface area contributed by atoms with Gasteiger partial charge in [0.25, 0.3) is 0 Å². The molecule has 0 radical (unpaired) electrons. The third-order valence-corrected chi connectivity index (χ3v) is 3.67. The Morgan fingerprint density at radius 3 is 2.93 bits per heavy atom. The monoisotopic (exact) mass is 190 g/mol. The van der Waals surface area contributed by atoms with Gasteiger partial charge in [0.05, 0.1) is 6.42 Å². The van der Waals surface area contributed by atoms with Crippen molar-refractivity contribution < 1.29 is 4.79 Å². The van der Waals surface area contributed by atoms with Gasteiger partial charge in [0.1, 0.15) is 11.6 Å². The molecule has 74 valence electrons. The lowest BCUT2D eigenvalue weighted by molar-refractivity contribution is -0.120. The van der Waals surface area contributed by atoms with Crippen LogP contribution in [0.3, 0.4) is 0 Å². The first kappa shape index (κ1) is 8.21. The van der Waals surface area contributed by atoms with Crippen molar-refractivity contribution in [3.8, 4) is 0 Å². The molecule has 0 amide bonds. The zero-order chi connectivity index (χ0) is 9.54. The minimum Gasteiger partial charge on any atom is -0.348 e. The summed E-state index contributed by atoms with van der Waals surface area (Å²) in [5.41, 5.74) is 0. The number of H-pyrrole nitrogens is 1. The highest BCUT2D eigenvalue weighted by Gasteiger charge is 2.55. The average Bonchev–Trinajstić information content (AvgIpc) is 2.63. The average molecular weight is 190 g/mol. The number of carbonyl (C=O) groups is 1. The summed E-state index contributed by atoms with van der Waals surface area (Å²) >= 11 is 0. The Morgan fingerprint density at radius 2 is 2.29 bits per heavy atom. The third kappa shape index (κ3) is 1.19. The molecule has 1 heterocycles. The van der Waals surface area contributed by atoms with Gasteiger partial charge in [0.15, 0.2) is 0 Å². The predicted octanol–water partition coefficient (Wildman–Crippen LogP) is 1.57. The van der Waals surface area contributed by atoms with E-state index >= 15 is 0 Å². The summed E-state index contributed by atoms with van der Waals surface area (Å²) in [5, 5.41) is 0. The number of rotatable bonds is 3. The van der Waals surface area contributed by atoms with Gasteiger partial charge in [-0.2, -0.15) is 0 Å². The van der Waals surface area contributed by atoms with Gasteiger partial charge in [-0.05, 0) is 24.7 Å². The minimum absolute atomic E-state index is 0.383. The number of hydrogen-bond acceptors (Lipinski definition) is 2. The van der Waals surface area contributed by atoms with Crippen molar-refractivity contribution in [2.75, 3.05) is 0 Å². The van der Waals surface area contributed by atoms with Crippen molar-refractivity contribution in [3.63, 3.8) is 0 Å². The first-order valence-electron chi connectivity index (χ1n) is 5.37. The number of fused-ring (bicyclic) bond motifs is 1. The third-order valence-electron chi connectivity index (χ3n) is 3.67. The fourth-order valence-corrected chi connectivity index (χ4v) is 2.98. The summed E-state index contributed by atoms with van der Waals surface area (Å²) in [6.45, 7) is 0. The van der Waals surface area contributed by atoms with Crippen molar-refractivity contribution >= 4 is 5.78 Å². The first-order chi connectivity index (χ1) is 6.86. The topological polar surface area (TPSA) is 45.8 Å². The van der Waals surface area contributed by atoms with E-state index in [0.717, 1.165) is 17.7 Å². The summed E-state index contributed by atoms with van der Waals surface area (Å²) < 4.78 is 0. The zero-order valence-corrected chi connectivity index (χ0v) is 8.07. The van der Waals surface area contributed by atoms with Crippen LogP contribution in [0.4, 0.5) is 0 Å². The number of aromatic nitrogens is 2. The quantitative estimate of drug-likeness (QED) is 0.786. The van der Waals surface area contributed by atoms with Crippen molar-refractivity contribution in [1.29, 1.82) is 0 Å². The van der Waals surface area contributed by atoms with E-state index in [1.165, 1.54) is 19.3 Å². The lowest BCUT2D eigenvalue weighted by atomic mass is 10.1. The first-order valence-corrected chi connectivity index (χ1v) is 5.37. The molecule has 1 N–H and O–H groups in total. The van der Waals surface area contributed by atoms with Crippen LogP contribution in [0.2, 0.25) is 0 Å². The van der Waals surface area contributed by atoms with E-state index in [-0.39, 0.29) is 0 Å². The number of imidazole rings is 1. The Kier molecular flexibility index (Phi) is 1.72. The Balaban J connectivity index is 1.62. The second-order valence-electron chi connectivity index (χ2n) is 4.46. The Hall–Kier alpha value is -1.12. The molecule has 2 fully saturated rings. The molecule has 1 aromatic rings. The molecule has 0 aromatic carbocycles. The van der Waals surface area contributed by atoms with Crippen LogP contribution in [0.15, 0.2) is 12.4 Å². The Bertz CT molecular complexity index is 334. The summed E-state index contributed by atoms with van der Waals surface area (Å²) in [6.07, 6.45) is 7.87. The summed E-state index contributed by atoms with van der Waals surface area (Å²) in [5.74, 6) is 3.07. The molecule has 14 heavy (non-hydrogen) atoms. The molecule has 3 nitrogen and oxygen atoms in total. The molecule has 1 aromatic heterocycles. The normalized spacial score (nSPS) is 34.1. The van der Waals surface area contributed by atoms with Crippen LogP contribution in [-0.4, -0.2) is 15.8 Å². The largest absolute Gasteiger partial charge is 0.348 e. The number of hydrogen-bond donors (Lipinski definition) is 1. The maximum atomic E-state index is 11.8. The smallest absolute Gasteiger partial charge is 0.144 e. The fraction of sp³-hybridized carbons (Fsp3) is 0.636. The van der Waals surface area contributed by atoms with Crippen molar-refractivity contribution in [2.24, 2.45) is 17.8 Å². The van der Waals surface area contributed by atoms with Crippen molar-refractivity contribution in [1.82, 2.24) is 9.97 Å². The van der Waals surface area contributed by atoms with Gasteiger partial charge in [-0.25, -0.2) is 4.98 Å². The molecule has 3 rings (SSSR count). The number of nitrogens with zero attached hydrogens (tertiary/aromatic N) is 1. The van der Waals surface area contributed by atoms with Gasteiger partial charge >= 0.3 is 0 Å². The molecular formula is C11H14N2O. The molecular weight excluding hydrogens is 176 g/mol. The molecule has 0 saturated heterocycles. The molecule has 2 saturated carbocycles. The number of ketones is 1. The minimum atomic E-state index is 0.383. The molecule has 2 aliphatic carbocycles. The van der Waals surface area contributed by atoms with E-state index in [2.05, 4.69) is 9.97 Å². The van der Waals surface area contributed by atoms with Gasteiger partial charge in [0.2, 0.25) is 0 Å². The highest BCUT2D eigenvalue weighted by Crippen LogP contribution is 2.57. The summed E-state index contributed by atoms with van der Waals surface area (Å²) in [4.78, 5) is 18.9. The Morgan fingerprint density at radius 1 is 1.50 bits per heavy atom. The zero-order valence-electron chi connectivity index (χ0n) is 8.07. The lowest BCUT2D eigenvalue weighted by Gasteiger charge is -2.00. The van der Waals surface area contributed by atoms with E-state index in [9.17, 15) is 4.79 Å². The predicted molar refractivity (Wildman–Crippen MR) is 51.6 cm³/mol. The summed E-state index contributed by atoms with van der Waals surface area (Å²) in [7, 11) is 0. The van der Waals surface area contributed by atoms with Crippen LogP contribution in [0.1, 0.15) is 25.1 Å². The SMILES string of the molecule is O=C(Cc1ncc[nH]1)C1C2CCCC21. The van der Waals surface area contributed by atoms with E-state index in [1.54, 1.807) is 12.4 Å². The molecule has 0 spiro atoms. The van der Waals surface area contributed by atoms with E-state index in [4.69, 9.17) is 0 Å². The molecule has 2 atom stereocenters. The molecule has 0 bridgehead atoms. The number of carbonyl (C=O) groups excluding carboxylic acids is 1. The van der Waals surface area contributed by atoms with Crippen LogP contribution in [0, 0.1) is 17.8 Å². The fourth-order valence-electron chi connectivity index (χ4n) is 2.98. The summed E-state index contributed by atoms with van der Waals surface area (Å²) in [6, 6.07) is 0. The molecule has 3 heteroatoms. The maximum Gasteiger partial charge on any atom is 0.144 e. The van der Waals surface area contributed by atoms with Gasteiger partial charge < -0.3 is 4.98 Å². The van der Waals surface area contributed by atoms with E-state index < -0.39 is 0 Å². The Labute approximate surface area is 82.9 Å². The highest BCUT2D eigenvalue weighted by molar-refractivity contribution is 5.86. The molecule has 0 aliphatic heterocycles. The standard InChI is InChI=1S/C11H14N2O/c14-9(6-10-12-4-5-13-10)11-7-2-1-3-8(7)11/h4-5,7-8,11H,1-3,6H2,(H,12,13). The second-order valence-corrected chi connectivity index (χ2v) is 4.46. The number of nitrogens with one attached hydrogen (secondary N) is 1. The molecule has 2 unspecified atom stereocenters. The molecule has 2 aliphatic rings. The lowest BCUT2D eigenvalue weighted by Crippen LogP contribution is -2.10. The van der Waals surface area contributed by atoms with Gasteiger partial charge in [0, 0.05) is 18.3 Å². The van der Waals surface area contributed by atoms with E-state index in [1.807, 2.05) is 0 Å². The van der Waals surface area contributed by atoms with Crippen LogP contribution in [-0.2, 0) is 11.2 Å². The number of aromatic amines is 1. The second kappa shape index (κ2) is 2.94. The van der Waals surface area contributed by atoms with Crippen LogP contribution in [0.25, 0.3) is 0 Å². The van der Waals surface area contributed by atoms with E-state index in [0.29, 0.717) is 18.1 Å². The van der Waals surface area contributed by atoms with Gasteiger partial charge in [-0.1, -0.05) is 6.42 Å². The number of Topliss-reactive ketones (excluding diaryl/α,β-unsaturated/α-hetero) is 1. The van der Waals surface area contributed by atoms with Crippen molar-refractivity contribution in [2.45, 2.75) is 25.7 Å². The highest BCUT2D eigenvalue weighted by atomic mass is 16.1. The van der Waals surface area contributed by atoms with Crippen LogP contribution >= 0.6 is 0 Å². The maximum absolute atomic E-state index is 11.8. The van der Waals surface area contributed by atoms with Gasteiger partial charge in [-0.3, -0.25) is 4.79 Å². The van der Waals surface area contributed by atoms with Gasteiger partial charge in [-0.15, -0.1) is 0 Å². The van der Waals surface area contributed by atoms with Crippen LogP contribution in [0.5, 0.6) is 0 Å². The van der Waals surface area contributed by atoms with Crippen molar-refractivity contribution in [3.05, 3.63) is 18.2 Å². The van der Waals surface area contributed by atoms with Crippen LogP contribution < -0.4 is 0 Å².